The molecule has 0 aromatic heterocycles. The van der Waals surface area contributed by atoms with Crippen molar-refractivity contribution in [2.75, 3.05) is 0 Å². The molecular weight excluding hydrogens is 184 g/mol. The van der Waals surface area contributed by atoms with Crippen LogP contribution in [0.4, 0.5) is 0 Å². The Morgan fingerprint density at radius 1 is 0.800 bits per heavy atom. The zero-order valence-electron chi connectivity index (χ0n) is 9.96. The first-order chi connectivity index (χ1) is 6.73. The number of rotatable bonds is 0. The summed E-state index contributed by atoms with van der Waals surface area (Å²) in [5, 5.41) is 0. The van der Waals surface area contributed by atoms with Crippen molar-refractivity contribution in [1.82, 2.24) is 0 Å². The van der Waals surface area contributed by atoms with Crippen molar-refractivity contribution in [1.29, 1.82) is 0 Å². The lowest BCUT2D eigenvalue weighted by Gasteiger charge is -2.43. The molecule has 0 radical (unpaired) electrons. The van der Waals surface area contributed by atoms with Gasteiger partial charge < -0.3 is 11.5 Å². The average Bonchev–Trinajstić information content (AvgIpc) is 2.26. The van der Waals surface area contributed by atoms with Crippen LogP contribution in [0, 0.1) is 5.41 Å². The monoisotopic (exact) mass is 204 g/mol. The minimum atomic E-state index is -0.368. The molecule has 1 aliphatic carbocycles. The van der Waals surface area contributed by atoms with Crippen molar-refractivity contribution in [2.45, 2.75) is 38.8 Å². The highest BCUT2D eigenvalue weighted by Gasteiger charge is 2.57. The summed E-state index contributed by atoms with van der Waals surface area (Å²) in [5.41, 5.74) is 14.4. The molecule has 1 aromatic carbocycles. The highest BCUT2D eigenvalue weighted by molar-refractivity contribution is 5.47. The molecule has 1 aliphatic rings. The SMILES string of the molecule is CC1(N)c2ccccc2C(C)(N)C1(C)C. The molecule has 0 aliphatic heterocycles. The Balaban J connectivity index is 2.78. The summed E-state index contributed by atoms with van der Waals surface area (Å²) in [7, 11) is 0. The van der Waals surface area contributed by atoms with Gasteiger partial charge in [-0.1, -0.05) is 38.1 Å². The maximum absolute atomic E-state index is 6.46. The first-order valence-electron chi connectivity index (χ1n) is 5.40. The Bertz CT molecular complexity index is 366. The Morgan fingerprint density at radius 3 is 1.47 bits per heavy atom. The lowest BCUT2D eigenvalue weighted by Crippen LogP contribution is -2.54. The predicted molar refractivity (Wildman–Crippen MR) is 63.3 cm³/mol. The molecule has 15 heavy (non-hydrogen) atoms. The largest absolute Gasteiger partial charge is 0.321 e. The zero-order valence-corrected chi connectivity index (χ0v) is 9.96. The molecule has 0 saturated heterocycles. The highest BCUT2D eigenvalue weighted by atomic mass is 14.9. The van der Waals surface area contributed by atoms with Crippen molar-refractivity contribution in [3.05, 3.63) is 35.4 Å². The summed E-state index contributed by atoms with van der Waals surface area (Å²) in [5.74, 6) is 0. The van der Waals surface area contributed by atoms with E-state index < -0.39 is 0 Å². The van der Waals surface area contributed by atoms with E-state index in [-0.39, 0.29) is 16.5 Å². The number of hydrogen-bond acceptors (Lipinski definition) is 2. The van der Waals surface area contributed by atoms with Gasteiger partial charge in [0, 0.05) is 16.5 Å². The maximum atomic E-state index is 6.46. The van der Waals surface area contributed by atoms with E-state index in [9.17, 15) is 0 Å². The average molecular weight is 204 g/mol. The van der Waals surface area contributed by atoms with Crippen LogP contribution < -0.4 is 11.5 Å². The summed E-state index contributed by atoms with van der Waals surface area (Å²) in [4.78, 5) is 0. The van der Waals surface area contributed by atoms with Gasteiger partial charge in [0.15, 0.2) is 0 Å². The van der Waals surface area contributed by atoms with E-state index in [1.54, 1.807) is 0 Å². The maximum Gasteiger partial charge on any atom is 0.0457 e. The molecule has 2 atom stereocenters. The molecule has 2 unspecified atom stereocenters. The number of hydrogen-bond donors (Lipinski definition) is 2. The van der Waals surface area contributed by atoms with E-state index >= 15 is 0 Å². The molecular formula is C13H20N2. The van der Waals surface area contributed by atoms with Crippen molar-refractivity contribution in [2.24, 2.45) is 16.9 Å². The van der Waals surface area contributed by atoms with Gasteiger partial charge in [-0.25, -0.2) is 0 Å². The Labute approximate surface area is 91.7 Å². The van der Waals surface area contributed by atoms with Crippen molar-refractivity contribution >= 4 is 0 Å². The molecule has 0 heterocycles. The summed E-state index contributed by atoms with van der Waals surface area (Å²) in [6.45, 7) is 8.44. The molecule has 0 bridgehead atoms. The molecule has 2 nitrogen and oxygen atoms in total. The first kappa shape index (κ1) is 10.7. The van der Waals surface area contributed by atoms with E-state index in [1.807, 2.05) is 12.1 Å². The van der Waals surface area contributed by atoms with Gasteiger partial charge in [0.25, 0.3) is 0 Å². The van der Waals surface area contributed by atoms with Gasteiger partial charge >= 0.3 is 0 Å². The van der Waals surface area contributed by atoms with Gasteiger partial charge in [-0.05, 0) is 25.0 Å². The summed E-state index contributed by atoms with van der Waals surface area (Å²) in [6.07, 6.45) is 0. The van der Waals surface area contributed by atoms with Crippen molar-refractivity contribution < 1.29 is 0 Å². The fraction of sp³-hybridized carbons (Fsp3) is 0.538. The van der Waals surface area contributed by atoms with Crippen LogP contribution in [-0.2, 0) is 11.1 Å². The molecule has 0 saturated carbocycles. The van der Waals surface area contributed by atoms with E-state index in [0.29, 0.717) is 0 Å². The second kappa shape index (κ2) is 2.63. The van der Waals surface area contributed by atoms with Crippen molar-refractivity contribution in [3.8, 4) is 0 Å². The molecule has 0 spiro atoms. The van der Waals surface area contributed by atoms with Gasteiger partial charge in [-0.2, -0.15) is 0 Å². The first-order valence-corrected chi connectivity index (χ1v) is 5.40. The third kappa shape index (κ3) is 1.01. The Morgan fingerprint density at radius 2 is 1.13 bits per heavy atom. The molecule has 2 heteroatoms. The minimum absolute atomic E-state index is 0.149. The van der Waals surface area contributed by atoms with Gasteiger partial charge in [0.2, 0.25) is 0 Å². The lowest BCUT2D eigenvalue weighted by atomic mass is 9.67. The molecule has 0 amide bonds. The Hall–Kier alpha value is -0.860. The third-order valence-electron chi connectivity index (χ3n) is 4.64. The van der Waals surface area contributed by atoms with Crippen LogP contribution in [0.5, 0.6) is 0 Å². The van der Waals surface area contributed by atoms with Crippen LogP contribution in [0.25, 0.3) is 0 Å². The molecule has 1 aromatic rings. The van der Waals surface area contributed by atoms with Gasteiger partial charge in [0.1, 0.15) is 0 Å². The fourth-order valence-electron chi connectivity index (χ4n) is 2.60. The normalized spacial score (nSPS) is 37.7. The van der Waals surface area contributed by atoms with Crippen LogP contribution in [0.2, 0.25) is 0 Å². The zero-order chi connectivity index (χ0) is 11.5. The van der Waals surface area contributed by atoms with Crippen LogP contribution in [0.3, 0.4) is 0 Å². The number of nitrogens with two attached hydrogens (primary N) is 2. The summed E-state index contributed by atoms with van der Waals surface area (Å²) >= 11 is 0. The topological polar surface area (TPSA) is 52.0 Å². The fourth-order valence-corrected chi connectivity index (χ4v) is 2.60. The van der Waals surface area contributed by atoms with Crippen LogP contribution >= 0.6 is 0 Å². The van der Waals surface area contributed by atoms with Gasteiger partial charge in [0.05, 0.1) is 0 Å². The number of benzene rings is 1. The summed E-state index contributed by atoms with van der Waals surface area (Å²) in [6, 6.07) is 8.24. The third-order valence-corrected chi connectivity index (χ3v) is 4.64. The molecule has 2 rings (SSSR count). The standard InChI is InChI=1S/C13H20N2/c1-11(2)12(3,14)9-7-5-6-8-10(9)13(11,4)15/h5-8H,14-15H2,1-4H3. The lowest BCUT2D eigenvalue weighted by molar-refractivity contribution is 0.107. The van der Waals surface area contributed by atoms with Gasteiger partial charge in [-0.15, -0.1) is 0 Å². The van der Waals surface area contributed by atoms with E-state index in [4.69, 9.17) is 11.5 Å². The predicted octanol–water partition coefficient (Wildman–Crippen LogP) is 2.07. The van der Waals surface area contributed by atoms with Crippen molar-refractivity contribution in [3.63, 3.8) is 0 Å². The quantitative estimate of drug-likeness (QED) is 0.679. The highest BCUT2D eigenvalue weighted by Crippen LogP contribution is 2.56. The van der Waals surface area contributed by atoms with E-state index in [2.05, 4.69) is 39.8 Å². The Kier molecular flexibility index (Phi) is 1.87. The minimum Gasteiger partial charge on any atom is -0.321 e. The van der Waals surface area contributed by atoms with Gasteiger partial charge in [-0.3, -0.25) is 0 Å². The summed E-state index contributed by atoms with van der Waals surface area (Å²) < 4.78 is 0. The van der Waals surface area contributed by atoms with Crippen LogP contribution in [-0.4, -0.2) is 0 Å². The van der Waals surface area contributed by atoms with Crippen LogP contribution in [0.1, 0.15) is 38.8 Å². The number of fused-ring (bicyclic) bond motifs is 1. The van der Waals surface area contributed by atoms with E-state index in [0.717, 1.165) is 0 Å². The van der Waals surface area contributed by atoms with E-state index in [1.165, 1.54) is 11.1 Å². The smallest absolute Gasteiger partial charge is 0.0457 e. The molecule has 0 fully saturated rings. The van der Waals surface area contributed by atoms with Crippen LogP contribution in [0.15, 0.2) is 24.3 Å². The molecule has 4 N–H and O–H groups in total. The molecule has 82 valence electrons. The second-order valence-electron chi connectivity index (χ2n) is 5.58. The second-order valence-corrected chi connectivity index (χ2v) is 5.58.